The summed E-state index contributed by atoms with van der Waals surface area (Å²) in [5.74, 6) is -0.720. The fourth-order valence-corrected chi connectivity index (χ4v) is 5.05. The van der Waals surface area contributed by atoms with E-state index in [0.717, 1.165) is 0 Å². The van der Waals surface area contributed by atoms with Gasteiger partial charge < -0.3 is 24.6 Å². The molecule has 2 unspecified atom stereocenters. The molecule has 0 aliphatic rings. The van der Waals surface area contributed by atoms with Gasteiger partial charge in [-0.3, -0.25) is 23.2 Å². The maximum atomic E-state index is 14.1. The van der Waals surface area contributed by atoms with Crippen molar-refractivity contribution in [2.24, 2.45) is 0 Å². The van der Waals surface area contributed by atoms with Crippen molar-refractivity contribution in [2.75, 3.05) is 23.7 Å². The number of nitrogens with zero attached hydrogens (tertiary/aromatic N) is 4. The van der Waals surface area contributed by atoms with E-state index in [0.29, 0.717) is 11.4 Å². The summed E-state index contributed by atoms with van der Waals surface area (Å²) in [5.41, 5.74) is 1.20. The molecule has 4 rings (SSSR count). The molecule has 0 bridgehead atoms. The van der Waals surface area contributed by atoms with Crippen LogP contribution < -0.4 is 25.7 Å². The van der Waals surface area contributed by atoms with Gasteiger partial charge in [0, 0.05) is 42.7 Å². The van der Waals surface area contributed by atoms with Crippen molar-refractivity contribution >= 4 is 68.6 Å². The Morgan fingerprint density at radius 1 is 1.14 bits per heavy atom. The van der Waals surface area contributed by atoms with Crippen LogP contribution in [0.1, 0.15) is 30.2 Å². The second-order valence-electron chi connectivity index (χ2n) is 9.21. The second kappa shape index (κ2) is 12.9. The number of nitrogens with one attached hydrogen (secondary N) is 3. The van der Waals surface area contributed by atoms with Crippen LogP contribution in [-0.4, -0.2) is 53.6 Å². The molecule has 222 valence electrons. The average Bonchev–Trinajstić information content (AvgIpc) is 3.24. The molecule has 2 amide bonds. The summed E-state index contributed by atoms with van der Waals surface area (Å²) >= 11 is 9.83. The lowest BCUT2D eigenvalue weighted by atomic mass is 10.1. The van der Waals surface area contributed by atoms with Crippen molar-refractivity contribution in [1.29, 1.82) is 0 Å². The highest BCUT2D eigenvalue weighted by Crippen LogP contribution is 2.31. The Bertz CT molecular complexity index is 1770. The number of methoxy groups -OCH3 is 1. The fraction of sp³-hybridized carbons (Fsp3) is 0.269. The van der Waals surface area contributed by atoms with E-state index < -0.39 is 28.8 Å². The number of ether oxygens (including phenoxy) is 1. The zero-order chi connectivity index (χ0) is 30.7. The van der Waals surface area contributed by atoms with Crippen LogP contribution >= 0.6 is 23.2 Å². The summed E-state index contributed by atoms with van der Waals surface area (Å²) < 4.78 is 32.7. The molecule has 42 heavy (non-hydrogen) atoms. The molecule has 2 heterocycles. The third kappa shape index (κ3) is 6.73. The van der Waals surface area contributed by atoms with E-state index in [1.165, 1.54) is 53.6 Å². The minimum absolute atomic E-state index is 0.00819. The number of benzene rings is 2. The van der Waals surface area contributed by atoms with Gasteiger partial charge in [0.25, 0.3) is 11.5 Å². The number of hydrogen-bond acceptors (Lipinski definition) is 8. The van der Waals surface area contributed by atoms with E-state index in [4.69, 9.17) is 27.9 Å². The predicted octanol–water partition coefficient (Wildman–Crippen LogP) is 3.10. The second-order valence-corrected chi connectivity index (χ2v) is 10.7. The van der Waals surface area contributed by atoms with Crippen LogP contribution in [0.5, 0.6) is 5.75 Å². The summed E-state index contributed by atoms with van der Waals surface area (Å²) in [7, 11) is 1.39. The number of fused-ring (bicyclic) bond motifs is 1. The van der Waals surface area contributed by atoms with E-state index in [1.807, 2.05) is 0 Å². The molecule has 0 aliphatic carbocycles. The van der Waals surface area contributed by atoms with Crippen LogP contribution in [0.25, 0.3) is 10.9 Å². The number of carbonyl (C=O) groups is 2. The number of hydrogen-bond donors (Lipinski definition) is 3. The molecule has 0 saturated carbocycles. The number of aryl methyl sites for hydroxylation is 2. The molecule has 13 nitrogen and oxygen atoms in total. The van der Waals surface area contributed by atoms with Crippen molar-refractivity contribution < 1.29 is 23.1 Å². The topological polar surface area (TPSA) is 172 Å². The van der Waals surface area contributed by atoms with Crippen LogP contribution in [-0.2, 0) is 27.4 Å². The van der Waals surface area contributed by atoms with Gasteiger partial charge >= 0.3 is 0 Å². The van der Waals surface area contributed by atoms with Gasteiger partial charge in [-0.25, -0.2) is 9.67 Å². The van der Waals surface area contributed by atoms with Crippen LogP contribution in [0.4, 0.5) is 11.4 Å². The Hall–Kier alpha value is -3.98. The number of aromatic nitrogens is 4. The van der Waals surface area contributed by atoms with Crippen molar-refractivity contribution in [3.63, 3.8) is 0 Å². The highest BCUT2D eigenvalue weighted by atomic mass is 35.5. The zero-order valence-corrected chi connectivity index (χ0v) is 25.2. The number of amides is 2. The van der Waals surface area contributed by atoms with Gasteiger partial charge in [-0.15, -0.1) is 0 Å². The first-order chi connectivity index (χ1) is 19.9. The van der Waals surface area contributed by atoms with Gasteiger partial charge in [-0.2, -0.15) is 5.10 Å². The molecule has 4 aromatic rings. The smallest absolute Gasteiger partial charge is 0.261 e. The van der Waals surface area contributed by atoms with Crippen LogP contribution in [0.15, 0.2) is 41.2 Å². The number of anilines is 2. The van der Waals surface area contributed by atoms with Gasteiger partial charge in [0.15, 0.2) is 6.04 Å². The lowest BCUT2D eigenvalue weighted by molar-refractivity contribution is -0.119. The van der Waals surface area contributed by atoms with Gasteiger partial charge in [0.05, 0.1) is 39.4 Å². The Kier molecular flexibility index (Phi) is 9.51. The number of carbonyl (C=O) groups excluding carboxylic acids is 2. The average molecular weight is 636 g/mol. The quantitative estimate of drug-likeness (QED) is 0.223. The standard InChI is InChI=1S/C26H27Cl2N7O6S/c1-13-9-14(2)35(32-13)23(25(37)31-21-10-16(33-42(39)40)5-6-22(21)41-4)24-30-20-12-19(28)18(27)11-17(20)26(38)34(24)8-7-29-15(3)36/h5-6,9-12,23,33H,7-8H2,1-4H3,(H,29,36)(H,31,37)(H,39,40)/p-1. The van der Waals surface area contributed by atoms with E-state index in [9.17, 15) is 23.1 Å². The van der Waals surface area contributed by atoms with Gasteiger partial charge in [-0.05, 0) is 50.2 Å². The first kappa shape index (κ1) is 31.0. The van der Waals surface area contributed by atoms with Crippen LogP contribution in [0, 0.1) is 13.8 Å². The number of halogens is 2. The number of rotatable bonds is 10. The Balaban J connectivity index is 1.93. The minimum atomic E-state index is -2.61. The molecule has 2 aromatic heterocycles. The van der Waals surface area contributed by atoms with Gasteiger partial charge in [0.1, 0.15) is 11.6 Å². The van der Waals surface area contributed by atoms with Crippen LogP contribution in [0.3, 0.4) is 0 Å². The van der Waals surface area contributed by atoms with Crippen molar-refractivity contribution in [2.45, 2.75) is 33.4 Å². The molecule has 2 atom stereocenters. The van der Waals surface area contributed by atoms with Crippen molar-refractivity contribution in [3.8, 4) is 5.75 Å². The fourth-order valence-electron chi connectivity index (χ4n) is 4.41. The lowest BCUT2D eigenvalue weighted by Crippen LogP contribution is -2.38. The third-order valence-corrected chi connectivity index (χ3v) is 7.30. The maximum absolute atomic E-state index is 14.1. The summed E-state index contributed by atoms with van der Waals surface area (Å²) in [6.45, 7) is 4.87. The summed E-state index contributed by atoms with van der Waals surface area (Å²) in [4.78, 5) is 44.2. The van der Waals surface area contributed by atoms with Crippen molar-refractivity contribution in [3.05, 3.63) is 74.0 Å². The first-order valence-electron chi connectivity index (χ1n) is 12.4. The third-order valence-electron chi connectivity index (χ3n) is 6.18. The Morgan fingerprint density at radius 3 is 2.48 bits per heavy atom. The molecule has 0 radical (unpaired) electrons. The largest absolute Gasteiger partial charge is 0.755 e. The van der Waals surface area contributed by atoms with E-state index in [-0.39, 0.29) is 62.9 Å². The SMILES string of the molecule is COc1ccc(NS(=O)[O-])cc1NC(=O)C(c1nc2cc(Cl)c(Cl)cc2c(=O)n1CCNC(C)=O)n1nc(C)cc1C. The molecule has 16 heteroatoms. The molecule has 0 spiro atoms. The molecular weight excluding hydrogens is 609 g/mol. The van der Waals surface area contributed by atoms with E-state index >= 15 is 0 Å². The summed E-state index contributed by atoms with van der Waals surface area (Å²) in [6.07, 6.45) is 0. The van der Waals surface area contributed by atoms with E-state index in [1.54, 1.807) is 19.9 Å². The molecule has 3 N–H and O–H groups in total. The van der Waals surface area contributed by atoms with E-state index in [2.05, 4.69) is 25.4 Å². The zero-order valence-electron chi connectivity index (χ0n) is 22.9. The van der Waals surface area contributed by atoms with Crippen LogP contribution in [0.2, 0.25) is 10.0 Å². The van der Waals surface area contributed by atoms with Gasteiger partial charge in [0.2, 0.25) is 5.91 Å². The highest BCUT2D eigenvalue weighted by Gasteiger charge is 2.31. The highest BCUT2D eigenvalue weighted by molar-refractivity contribution is 7.80. The monoisotopic (exact) mass is 634 g/mol. The molecule has 2 aromatic carbocycles. The maximum Gasteiger partial charge on any atom is 0.261 e. The predicted molar refractivity (Wildman–Crippen MR) is 159 cm³/mol. The molecule has 0 fully saturated rings. The minimum Gasteiger partial charge on any atom is -0.755 e. The normalized spacial score (nSPS) is 12.5. The lowest BCUT2D eigenvalue weighted by Gasteiger charge is -2.23. The Labute approximate surface area is 252 Å². The van der Waals surface area contributed by atoms with Gasteiger partial charge in [-0.1, -0.05) is 23.2 Å². The Morgan fingerprint density at radius 2 is 1.86 bits per heavy atom. The molecule has 0 aliphatic heterocycles. The van der Waals surface area contributed by atoms with Crippen molar-refractivity contribution in [1.82, 2.24) is 24.6 Å². The molecule has 0 saturated heterocycles. The molecular formula is C26H26Cl2N7O6S-. The first-order valence-corrected chi connectivity index (χ1v) is 14.2. The summed E-state index contributed by atoms with van der Waals surface area (Å²) in [6, 6.07) is 7.59. The summed E-state index contributed by atoms with van der Waals surface area (Å²) in [5, 5.41) is 10.4.